The van der Waals surface area contributed by atoms with Crippen LogP contribution < -0.4 is 9.47 Å². The van der Waals surface area contributed by atoms with Crippen molar-refractivity contribution in [2.24, 2.45) is 0 Å². The van der Waals surface area contributed by atoms with E-state index in [4.69, 9.17) is 9.47 Å². The van der Waals surface area contributed by atoms with Crippen molar-refractivity contribution >= 4 is 28.4 Å². The zero-order chi connectivity index (χ0) is 13.7. The van der Waals surface area contributed by atoms with Gasteiger partial charge in [-0.3, -0.25) is 4.79 Å². The molecule has 98 valence electrons. The Labute approximate surface area is 125 Å². The van der Waals surface area contributed by atoms with Crippen LogP contribution in [0.15, 0.2) is 48.5 Å². The number of rotatable bonds is 5. The van der Waals surface area contributed by atoms with E-state index < -0.39 is 0 Å². The van der Waals surface area contributed by atoms with Crippen LogP contribution in [0.2, 0.25) is 0 Å². The molecule has 0 aliphatic rings. The Kier molecular flexibility index (Phi) is 4.79. The number of ketones is 1. The first-order valence-electron chi connectivity index (χ1n) is 5.75. The van der Waals surface area contributed by atoms with Crippen LogP contribution in [0.1, 0.15) is 10.4 Å². The molecule has 0 aromatic heterocycles. The number of methoxy groups -OCH3 is 1. The van der Waals surface area contributed by atoms with E-state index >= 15 is 0 Å². The first-order valence-corrected chi connectivity index (χ1v) is 6.83. The summed E-state index contributed by atoms with van der Waals surface area (Å²) in [5.41, 5.74) is 0.653. The average molecular weight is 368 g/mol. The molecule has 0 heterocycles. The number of hydrogen-bond acceptors (Lipinski definition) is 3. The third kappa shape index (κ3) is 3.70. The van der Waals surface area contributed by atoms with Crippen molar-refractivity contribution in [3.05, 3.63) is 57.7 Å². The molecule has 0 spiro atoms. The molecule has 0 N–H and O–H groups in total. The molecule has 19 heavy (non-hydrogen) atoms. The zero-order valence-corrected chi connectivity index (χ0v) is 12.6. The van der Waals surface area contributed by atoms with Gasteiger partial charge in [0.15, 0.2) is 12.4 Å². The molecule has 2 rings (SSSR count). The fourth-order valence-corrected chi connectivity index (χ4v) is 2.06. The van der Waals surface area contributed by atoms with Gasteiger partial charge in [0.2, 0.25) is 0 Å². The fraction of sp³-hybridized carbons (Fsp3) is 0.133. The fourth-order valence-electron chi connectivity index (χ4n) is 1.57. The summed E-state index contributed by atoms with van der Waals surface area (Å²) < 4.78 is 11.6. The van der Waals surface area contributed by atoms with E-state index in [1.165, 1.54) is 0 Å². The first kappa shape index (κ1) is 13.9. The maximum absolute atomic E-state index is 11.9. The minimum Gasteiger partial charge on any atom is -0.497 e. The van der Waals surface area contributed by atoms with Crippen molar-refractivity contribution in [2.45, 2.75) is 0 Å². The SMILES string of the molecule is COc1ccc(I)c(OCC(=O)c2ccccc2)c1. The Morgan fingerprint density at radius 1 is 1.16 bits per heavy atom. The van der Waals surface area contributed by atoms with Crippen molar-refractivity contribution in [3.8, 4) is 11.5 Å². The second-order valence-electron chi connectivity index (χ2n) is 3.87. The van der Waals surface area contributed by atoms with Crippen LogP contribution in [0.3, 0.4) is 0 Å². The Morgan fingerprint density at radius 2 is 1.89 bits per heavy atom. The van der Waals surface area contributed by atoms with Gasteiger partial charge in [-0.05, 0) is 34.7 Å². The highest BCUT2D eigenvalue weighted by atomic mass is 127. The lowest BCUT2D eigenvalue weighted by atomic mass is 10.1. The highest BCUT2D eigenvalue weighted by Crippen LogP contribution is 2.26. The van der Waals surface area contributed by atoms with E-state index in [-0.39, 0.29) is 12.4 Å². The smallest absolute Gasteiger partial charge is 0.200 e. The Morgan fingerprint density at radius 3 is 2.58 bits per heavy atom. The van der Waals surface area contributed by atoms with Crippen LogP contribution in [-0.2, 0) is 0 Å². The minimum atomic E-state index is -0.0424. The summed E-state index contributed by atoms with van der Waals surface area (Å²) >= 11 is 2.16. The largest absolute Gasteiger partial charge is 0.497 e. The third-order valence-corrected chi connectivity index (χ3v) is 3.48. The molecule has 2 aromatic rings. The van der Waals surface area contributed by atoms with E-state index in [1.807, 2.05) is 30.3 Å². The summed E-state index contributed by atoms with van der Waals surface area (Å²) in [5, 5.41) is 0. The number of halogens is 1. The van der Waals surface area contributed by atoms with Gasteiger partial charge < -0.3 is 9.47 Å². The Hall–Kier alpha value is -1.56. The van der Waals surface area contributed by atoms with E-state index in [0.717, 1.165) is 3.57 Å². The molecule has 2 aromatic carbocycles. The molecular formula is C15H13IO3. The van der Waals surface area contributed by atoms with Crippen molar-refractivity contribution in [1.29, 1.82) is 0 Å². The topological polar surface area (TPSA) is 35.5 Å². The molecule has 0 bridgehead atoms. The highest BCUT2D eigenvalue weighted by molar-refractivity contribution is 14.1. The number of benzene rings is 2. The van der Waals surface area contributed by atoms with Gasteiger partial charge in [0.05, 0.1) is 10.7 Å². The molecule has 0 atom stereocenters. The van der Waals surface area contributed by atoms with Gasteiger partial charge >= 0.3 is 0 Å². The van der Waals surface area contributed by atoms with Crippen molar-refractivity contribution < 1.29 is 14.3 Å². The normalized spacial score (nSPS) is 10.0. The van der Waals surface area contributed by atoms with E-state index in [9.17, 15) is 4.79 Å². The maximum Gasteiger partial charge on any atom is 0.200 e. The number of hydrogen-bond donors (Lipinski definition) is 0. The lowest BCUT2D eigenvalue weighted by molar-refractivity contribution is 0.0920. The quantitative estimate of drug-likeness (QED) is 0.598. The molecule has 0 unspecified atom stereocenters. The summed E-state index contributed by atoms with van der Waals surface area (Å²) in [4.78, 5) is 11.9. The van der Waals surface area contributed by atoms with E-state index in [2.05, 4.69) is 22.6 Å². The summed E-state index contributed by atoms with van der Waals surface area (Å²) in [6, 6.07) is 14.6. The predicted molar refractivity (Wildman–Crippen MR) is 82.0 cm³/mol. The average Bonchev–Trinajstić information content (AvgIpc) is 2.47. The molecule has 0 radical (unpaired) electrons. The second kappa shape index (κ2) is 6.56. The molecule has 0 saturated carbocycles. The molecule has 0 saturated heterocycles. The van der Waals surface area contributed by atoms with Gasteiger partial charge in [0, 0.05) is 11.6 Å². The lowest BCUT2D eigenvalue weighted by Crippen LogP contribution is -2.12. The molecule has 0 aliphatic carbocycles. The molecular weight excluding hydrogens is 355 g/mol. The Bertz CT molecular complexity index is 567. The summed E-state index contributed by atoms with van der Waals surface area (Å²) in [6.45, 7) is 0.0210. The molecule has 3 nitrogen and oxygen atoms in total. The van der Waals surface area contributed by atoms with Crippen LogP contribution in [0.25, 0.3) is 0 Å². The van der Waals surface area contributed by atoms with Crippen LogP contribution >= 0.6 is 22.6 Å². The molecule has 0 aliphatic heterocycles. The number of carbonyl (C=O) groups is 1. The number of carbonyl (C=O) groups excluding carboxylic acids is 1. The zero-order valence-electron chi connectivity index (χ0n) is 10.4. The van der Waals surface area contributed by atoms with Crippen LogP contribution in [0.4, 0.5) is 0 Å². The monoisotopic (exact) mass is 368 g/mol. The minimum absolute atomic E-state index is 0.0210. The van der Waals surface area contributed by atoms with Gasteiger partial charge in [0.25, 0.3) is 0 Å². The molecule has 4 heteroatoms. The highest BCUT2D eigenvalue weighted by Gasteiger charge is 2.08. The van der Waals surface area contributed by atoms with Crippen molar-refractivity contribution in [2.75, 3.05) is 13.7 Å². The third-order valence-electron chi connectivity index (χ3n) is 2.59. The van der Waals surface area contributed by atoms with Crippen molar-refractivity contribution in [3.63, 3.8) is 0 Å². The van der Waals surface area contributed by atoms with E-state index in [1.54, 1.807) is 25.3 Å². The summed E-state index contributed by atoms with van der Waals surface area (Å²) in [7, 11) is 1.60. The van der Waals surface area contributed by atoms with Crippen molar-refractivity contribution in [1.82, 2.24) is 0 Å². The standard InChI is InChI=1S/C15H13IO3/c1-18-12-7-8-13(16)15(9-12)19-10-14(17)11-5-3-2-4-6-11/h2-9H,10H2,1H3. The summed E-state index contributed by atoms with van der Waals surface area (Å²) in [5.74, 6) is 1.33. The first-order chi connectivity index (χ1) is 9.20. The second-order valence-corrected chi connectivity index (χ2v) is 5.04. The van der Waals surface area contributed by atoms with Gasteiger partial charge in [-0.25, -0.2) is 0 Å². The number of Topliss-reactive ketones (excluding diaryl/α,β-unsaturated/α-hetero) is 1. The van der Waals surface area contributed by atoms with Crippen LogP contribution in [0.5, 0.6) is 11.5 Å². The lowest BCUT2D eigenvalue weighted by Gasteiger charge is -2.09. The number of ether oxygens (including phenoxy) is 2. The van der Waals surface area contributed by atoms with Gasteiger partial charge in [-0.1, -0.05) is 30.3 Å². The molecule has 0 fully saturated rings. The maximum atomic E-state index is 11.9. The van der Waals surface area contributed by atoms with Crippen LogP contribution in [-0.4, -0.2) is 19.5 Å². The van der Waals surface area contributed by atoms with Gasteiger partial charge in [-0.15, -0.1) is 0 Å². The van der Waals surface area contributed by atoms with E-state index in [0.29, 0.717) is 17.1 Å². The van der Waals surface area contributed by atoms with Gasteiger partial charge in [-0.2, -0.15) is 0 Å². The predicted octanol–water partition coefficient (Wildman–Crippen LogP) is 3.56. The molecule has 0 amide bonds. The Balaban J connectivity index is 2.05. The van der Waals surface area contributed by atoms with Crippen LogP contribution in [0, 0.1) is 3.57 Å². The van der Waals surface area contributed by atoms with Gasteiger partial charge in [0.1, 0.15) is 11.5 Å². The summed E-state index contributed by atoms with van der Waals surface area (Å²) in [6.07, 6.45) is 0.